The second kappa shape index (κ2) is 5.88. The molecule has 1 N–H and O–H groups in total. The van der Waals surface area contributed by atoms with E-state index in [4.69, 9.17) is 4.74 Å². The minimum atomic E-state index is -0.339. The Bertz CT molecular complexity index is 788. The Labute approximate surface area is 137 Å². The monoisotopic (exact) mass is 331 g/mol. The second-order valence-corrected chi connectivity index (χ2v) is 6.90. The molecule has 0 amide bonds. The predicted molar refractivity (Wildman–Crippen MR) is 86.9 cm³/mol. The molecule has 23 heavy (non-hydrogen) atoms. The molecule has 2 aromatic heterocycles. The van der Waals surface area contributed by atoms with Crippen LogP contribution in [0.2, 0.25) is 0 Å². The number of carbonyl (C=O) groups is 1. The number of pyridine rings is 1. The van der Waals surface area contributed by atoms with Crippen LogP contribution in [0, 0.1) is 0 Å². The minimum absolute atomic E-state index is 0.0358. The maximum atomic E-state index is 12.3. The van der Waals surface area contributed by atoms with Crippen molar-refractivity contribution in [3.63, 3.8) is 0 Å². The summed E-state index contributed by atoms with van der Waals surface area (Å²) in [5, 5.41) is 3.09. The number of nitrogens with one attached hydrogen (secondary N) is 1. The number of carbonyl (C=O) groups excluding carboxylic acids is 1. The van der Waals surface area contributed by atoms with Crippen LogP contribution in [0.15, 0.2) is 23.1 Å². The molecule has 4 rings (SSSR count). The third kappa shape index (κ3) is 2.69. The molecule has 0 radical (unpaired) electrons. The van der Waals surface area contributed by atoms with E-state index in [0.717, 1.165) is 48.4 Å². The number of esters is 1. The van der Waals surface area contributed by atoms with Crippen LogP contribution >= 0.6 is 11.8 Å². The van der Waals surface area contributed by atoms with Crippen molar-refractivity contribution in [1.82, 2.24) is 14.8 Å². The molecule has 120 valence electrons. The van der Waals surface area contributed by atoms with Gasteiger partial charge in [0.15, 0.2) is 5.82 Å². The van der Waals surface area contributed by atoms with Gasteiger partial charge in [-0.3, -0.25) is 9.89 Å². The summed E-state index contributed by atoms with van der Waals surface area (Å²) in [6, 6.07) is 3.33. The fraction of sp³-hybridized carbons (Fsp3) is 0.438. The second-order valence-electron chi connectivity index (χ2n) is 5.92. The molecular formula is C16H17N3O3S. The lowest BCUT2D eigenvalue weighted by molar-refractivity contribution is 0.0317. The quantitative estimate of drug-likeness (QED) is 0.874. The van der Waals surface area contributed by atoms with Gasteiger partial charge in [0.1, 0.15) is 6.10 Å². The number of fused-ring (bicyclic) bond motifs is 1. The molecular weight excluding hydrogens is 314 g/mol. The van der Waals surface area contributed by atoms with Crippen LogP contribution < -0.4 is 5.56 Å². The first-order valence-electron chi connectivity index (χ1n) is 7.80. The van der Waals surface area contributed by atoms with E-state index < -0.39 is 0 Å². The zero-order chi connectivity index (χ0) is 15.8. The van der Waals surface area contributed by atoms with Gasteiger partial charge in [-0.1, -0.05) is 0 Å². The fourth-order valence-electron chi connectivity index (χ4n) is 3.07. The normalized spacial score (nSPS) is 17.4. The van der Waals surface area contributed by atoms with Crippen LogP contribution in [0.3, 0.4) is 0 Å². The summed E-state index contributed by atoms with van der Waals surface area (Å²) in [5.74, 6) is 1.72. The highest BCUT2D eigenvalue weighted by Gasteiger charge is 2.22. The Morgan fingerprint density at radius 3 is 2.83 bits per heavy atom. The number of H-pyrrole nitrogens is 1. The number of nitrogens with zero attached hydrogens (tertiary/aromatic N) is 2. The lowest BCUT2D eigenvalue weighted by Crippen LogP contribution is -2.19. The van der Waals surface area contributed by atoms with Gasteiger partial charge in [0.2, 0.25) is 0 Å². The molecule has 1 fully saturated rings. The minimum Gasteiger partial charge on any atom is -0.459 e. The summed E-state index contributed by atoms with van der Waals surface area (Å²) in [6.45, 7) is 0. The molecule has 2 aliphatic rings. The van der Waals surface area contributed by atoms with Crippen molar-refractivity contribution in [2.45, 2.75) is 43.3 Å². The van der Waals surface area contributed by atoms with Crippen molar-refractivity contribution in [3.8, 4) is 5.82 Å². The van der Waals surface area contributed by atoms with Gasteiger partial charge in [-0.05, 0) is 37.8 Å². The summed E-state index contributed by atoms with van der Waals surface area (Å²) in [4.78, 5) is 28.6. The van der Waals surface area contributed by atoms with Gasteiger partial charge in [-0.2, -0.15) is 11.8 Å². The molecule has 2 aromatic rings. The van der Waals surface area contributed by atoms with Crippen molar-refractivity contribution in [1.29, 1.82) is 0 Å². The first-order valence-corrected chi connectivity index (χ1v) is 8.96. The average Bonchev–Trinajstić information content (AvgIpc) is 3.27. The van der Waals surface area contributed by atoms with E-state index in [9.17, 15) is 9.59 Å². The molecule has 1 aliphatic carbocycles. The van der Waals surface area contributed by atoms with Gasteiger partial charge < -0.3 is 4.74 Å². The van der Waals surface area contributed by atoms with Gasteiger partial charge in [-0.15, -0.1) is 0 Å². The first kappa shape index (κ1) is 14.6. The van der Waals surface area contributed by atoms with Crippen LogP contribution in [0.1, 0.15) is 47.3 Å². The summed E-state index contributed by atoms with van der Waals surface area (Å²) in [7, 11) is 0. The highest BCUT2D eigenvalue weighted by Crippen LogP contribution is 2.26. The zero-order valence-corrected chi connectivity index (χ0v) is 13.4. The van der Waals surface area contributed by atoms with Crippen molar-refractivity contribution in [2.75, 3.05) is 0 Å². The number of aromatic amines is 1. The van der Waals surface area contributed by atoms with Crippen molar-refractivity contribution in [2.24, 2.45) is 0 Å². The molecule has 3 heterocycles. The first-order chi connectivity index (χ1) is 11.2. The Hall–Kier alpha value is -2.02. The smallest absolute Gasteiger partial charge is 0.339 e. The Kier molecular flexibility index (Phi) is 3.72. The number of thioether (sulfide) groups is 1. The Morgan fingerprint density at radius 2 is 2.13 bits per heavy atom. The third-order valence-corrected chi connectivity index (χ3v) is 5.34. The molecule has 0 aromatic carbocycles. The van der Waals surface area contributed by atoms with Gasteiger partial charge >= 0.3 is 5.97 Å². The number of ether oxygens (including phenoxy) is 1. The summed E-state index contributed by atoms with van der Waals surface area (Å²) in [6.07, 6.45) is 5.63. The molecule has 1 aliphatic heterocycles. The summed E-state index contributed by atoms with van der Waals surface area (Å²) < 4.78 is 6.90. The number of hydrogen-bond donors (Lipinski definition) is 1. The van der Waals surface area contributed by atoms with Crippen LogP contribution in [0.5, 0.6) is 0 Å². The van der Waals surface area contributed by atoms with Crippen molar-refractivity contribution >= 4 is 17.7 Å². The lowest BCUT2D eigenvalue weighted by atomic mass is 10.2. The van der Waals surface area contributed by atoms with Crippen LogP contribution in [0.25, 0.3) is 5.82 Å². The molecule has 7 heteroatoms. The topological polar surface area (TPSA) is 77.0 Å². The zero-order valence-electron chi connectivity index (χ0n) is 12.6. The van der Waals surface area contributed by atoms with Gasteiger partial charge in [0.05, 0.1) is 16.8 Å². The van der Waals surface area contributed by atoms with E-state index in [0.29, 0.717) is 11.4 Å². The molecule has 0 saturated heterocycles. The summed E-state index contributed by atoms with van der Waals surface area (Å²) in [5.41, 5.74) is 2.15. The lowest BCUT2D eigenvalue weighted by Gasteiger charge is -2.11. The molecule has 6 nitrogen and oxygen atoms in total. The predicted octanol–water partition coefficient (Wildman–Crippen LogP) is 2.41. The SMILES string of the molecule is O=C(OC1CCCC1)c1ccc(-n2[nH]c3c(c2=O)CSC3)nc1. The fourth-order valence-corrected chi connectivity index (χ4v) is 4.11. The number of aromatic nitrogens is 3. The van der Waals surface area contributed by atoms with E-state index in [2.05, 4.69) is 10.1 Å². The highest BCUT2D eigenvalue weighted by molar-refractivity contribution is 7.98. The molecule has 0 spiro atoms. The van der Waals surface area contributed by atoms with Crippen LogP contribution in [-0.4, -0.2) is 26.8 Å². The molecule has 0 atom stereocenters. The maximum Gasteiger partial charge on any atom is 0.339 e. The number of hydrogen-bond acceptors (Lipinski definition) is 5. The van der Waals surface area contributed by atoms with E-state index in [1.54, 1.807) is 23.9 Å². The molecule has 1 saturated carbocycles. The van der Waals surface area contributed by atoms with E-state index in [1.807, 2.05) is 0 Å². The van der Waals surface area contributed by atoms with Crippen molar-refractivity contribution in [3.05, 3.63) is 45.5 Å². The Morgan fingerprint density at radius 1 is 1.30 bits per heavy atom. The third-order valence-electron chi connectivity index (χ3n) is 4.35. The highest BCUT2D eigenvalue weighted by atomic mass is 32.2. The van der Waals surface area contributed by atoms with Crippen LogP contribution in [0.4, 0.5) is 0 Å². The van der Waals surface area contributed by atoms with Gasteiger partial charge in [0, 0.05) is 17.7 Å². The largest absolute Gasteiger partial charge is 0.459 e. The van der Waals surface area contributed by atoms with Crippen LogP contribution in [-0.2, 0) is 16.2 Å². The molecule has 0 bridgehead atoms. The summed E-state index contributed by atoms with van der Waals surface area (Å²) >= 11 is 1.72. The van der Waals surface area contributed by atoms with E-state index in [-0.39, 0.29) is 17.6 Å². The number of rotatable bonds is 3. The Balaban J connectivity index is 1.54. The van der Waals surface area contributed by atoms with E-state index >= 15 is 0 Å². The standard InChI is InChI=1S/C16H17N3O3S/c20-15-12-8-23-9-13(12)18-19(15)14-6-5-10(7-17-14)16(21)22-11-3-1-2-4-11/h5-7,11,18H,1-4,8-9H2. The van der Waals surface area contributed by atoms with Gasteiger partial charge in [0.25, 0.3) is 5.56 Å². The van der Waals surface area contributed by atoms with Gasteiger partial charge in [-0.25, -0.2) is 14.5 Å². The van der Waals surface area contributed by atoms with E-state index in [1.165, 1.54) is 10.9 Å². The average molecular weight is 331 g/mol. The van der Waals surface area contributed by atoms with Crippen molar-refractivity contribution < 1.29 is 9.53 Å². The molecule has 0 unspecified atom stereocenters. The maximum absolute atomic E-state index is 12.3.